The van der Waals surface area contributed by atoms with Crippen LogP contribution >= 0.6 is 0 Å². The maximum Gasteiger partial charge on any atom is 0.346 e. The van der Waals surface area contributed by atoms with Crippen LogP contribution in [-0.2, 0) is 4.84 Å². The van der Waals surface area contributed by atoms with E-state index in [4.69, 9.17) is 10.6 Å². The Morgan fingerprint density at radius 2 is 1.89 bits per heavy atom. The Hall–Kier alpha value is -1.59. The molecule has 3 rings (SSSR count). The zero-order valence-corrected chi connectivity index (χ0v) is 10.2. The maximum absolute atomic E-state index is 12.1. The summed E-state index contributed by atoms with van der Waals surface area (Å²) in [6.45, 7) is 1.45. The Morgan fingerprint density at radius 1 is 1.22 bits per heavy atom. The number of hydrogen-bond acceptors (Lipinski definition) is 3. The van der Waals surface area contributed by atoms with Gasteiger partial charge in [0.15, 0.2) is 0 Å². The van der Waals surface area contributed by atoms with Crippen LogP contribution < -0.4 is 5.73 Å². The van der Waals surface area contributed by atoms with E-state index in [9.17, 15) is 4.79 Å². The number of nitrogens with two attached hydrogens (primary N) is 1. The van der Waals surface area contributed by atoms with E-state index in [-0.39, 0.29) is 18.3 Å². The number of benzene rings is 1. The third-order valence-electron chi connectivity index (χ3n) is 3.46. The highest BCUT2D eigenvalue weighted by Gasteiger charge is 2.45. The molecule has 0 saturated carbocycles. The van der Waals surface area contributed by atoms with Gasteiger partial charge in [0.2, 0.25) is 6.23 Å². The highest BCUT2D eigenvalue weighted by atomic mass is 16.8. The smallest absolute Gasteiger partial charge is 0.328 e. The van der Waals surface area contributed by atoms with Crippen LogP contribution in [0.2, 0.25) is 0 Å². The minimum absolute atomic E-state index is 0.0456. The molecule has 2 N–H and O–H groups in total. The predicted octanol–water partition coefficient (Wildman–Crippen LogP) is 1.48. The van der Waals surface area contributed by atoms with Gasteiger partial charge in [-0.05, 0) is 12.8 Å². The molecule has 2 aliphatic rings. The molecule has 1 atom stereocenters. The van der Waals surface area contributed by atoms with Crippen molar-refractivity contribution in [3.8, 4) is 0 Å². The van der Waals surface area contributed by atoms with E-state index in [2.05, 4.69) is 0 Å². The van der Waals surface area contributed by atoms with Gasteiger partial charge in [0.25, 0.3) is 0 Å². The molecule has 0 bridgehead atoms. The van der Waals surface area contributed by atoms with E-state index in [1.807, 2.05) is 35.2 Å². The number of likely N-dealkylation sites (tertiary alicyclic amines) is 1. The number of carbonyl (C=O) groups is 1. The summed E-state index contributed by atoms with van der Waals surface area (Å²) >= 11 is 0. The molecule has 5 nitrogen and oxygen atoms in total. The molecule has 2 amide bonds. The molecule has 0 aliphatic carbocycles. The lowest BCUT2D eigenvalue weighted by atomic mass is 10.1. The molecule has 96 valence electrons. The first-order valence-corrected chi connectivity index (χ1v) is 6.31. The topological polar surface area (TPSA) is 61.9 Å². The Bertz CT molecular complexity index is 429. The van der Waals surface area contributed by atoms with Gasteiger partial charge in [-0.2, -0.15) is 5.06 Å². The molecule has 2 heterocycles. The number of piperidine rings is 1. The summed E-state index contributed by atoms with van der Waals surface area (Å²) in [6.07, 6.45) is 1.53. The van der Waals surface area contributed by atoms with Gasteiger partial charge < -0.3 is 10.6 Å². The molecule has 2 aliphatic heterocycles. The standard InChI is InChI=1S/C13H17N3O2/c14-11-6-8-15(9-7-11)13(17)16-12(18-16)10-4-2-1-3-5-10/h1-5,11-12H,6-9,14H2. The normalized spacial score (nSPS) is 24.2. The lowest BCUT2D eigenvalue weighted by molar-refractivity contribution is 0.127. The van der Waals surface area contributed by atoms with Crippen LogP contribution in [0.1, 0.15) is 24.6 Å². The number of hydrogen-bond donors (Lipinski definition) is 1. The SMILES string of the molecule is NC1CCN(C(=O)N2OC2c2ccccc2)CC1. The highest BCUT2D eigenvalue weighted by Crippen LogP contribution is 2.37. The van der Waals surface area contributed by atoms with Crippen LogP contribution in [0.4, 0.5) is 4.79 Å². The fraction of sp³-hybridized carbons (Fsp3) is 0.462. The van der Waals surface area contributed by atoms with E-state index in [0.29, 0.717) is 0 Å². The molecular weight excluding hydrogens is 230 g/mol. The number of hydroxylamine groups is 2. The Morgan fingerprint density at radius 3 is 2.56 bits per heavy atom. The summed E-state index contributed by atoms with van der Waals surface area (Å²) < 4.78 is 0. The zero-order chi connectivity index (χ0) is 12.5. The quantitative estimate of drug-likeness (QED) is 0.764. The van der Waals surface area contributed by atoms with Gasteiger partial charge in [-0.3, -0.25) is 0 Å². The lowest BCUT2D eigenvalue weighted by Gasteiger charge is -2.29. The zero-order valence-electron chi connectivity index (χ0n) is 10.2. The van der Waals surface area contributed by atoms with E-state index in [0.717, 1.165) is 31.5 Å². The second-order valence-corrected chi connectivity index (χ2v) is 4.80. The number of rotatable bonds is 1. The minimum atomic E-state index is -0.214. The van der Waals surface area contributed by atoms with Crippen molar-refractivity contribution in [3.63, 3.8) is 0 Å². The van der Waals surface area contributed by atoms with Gasteiger partial charge in [-0.15, -0.1) is 0 Å². The van der Waals surface area contributed by atoms with Crippen LogP contribution in [0.3, 0.4) is 0 Å². The Balaban J connectivity index is 1.59. The van der Waals surface area contributed by atoms with Crippen LogP contribution in [0.5, 0.6) is 0 Å². The molecule has 5 heteroatoms. The van der Waals surface area contributed by atoms with Crippen molar-refractivity contribution in [2.24, 2.45) is 5.73 Å². The molecule has 1 unspecified atom stereocenters. The first kappa shape index (κ1) is 11.5. The van der Waals surface area contributed by atoms with Gasteiger partial charge in [-0.1, -0.05) is 30.3 Å². The largest absolute Gasteiger partial charge is 0.346 e. The Labute approximate surface area is 106 Å². The van der Waals surface area contributed by atoms with Crippen LogP contribution in [0.15, 0.2) is 30.3 Å². The van der Waals surface area contributed by atoms with Crippen LogP contribution in [0.25, 0.3) is 0 Å². The second-order valence-electron chi connectivity index (χ2n) is 4.80. The monoisotopic (exact) mass is 247 g/mol. The summed E-state index contributed by atoms with van der Waals surface area (Å²) in [7, 11) is 0. The van der Waals surface area contributed by atoms with Crippen molar-refractivity contribution >= 4 is 6.03 Å². The maximum atomic E-state index is 12.1. The Kier molecular flexibility index (Phi) is 2.93. The molecule has 0 aromatic heterocycles. The average molecular weight is 247 g/mol. The van der Waals surface area contributed by atoms with Crippen LogP contribution in [0, 0.1) is 0 Å². The van der Waals surface area contributed by atoms with Crippen molar-refractivity contribution in [1.82, 2.24) is 9.96 Å². The first-order chi connectivity index (χ1) is 8.75. The summed E-state index contributed by atoms with van der Waals surface area (Å²) in [5.41, 5.74) is 6.84. The van der Waals surface area contributed by atoms with Crippen molar-refractivity contribution in [3.05, 3.63) is 35.9 Å². The van der Waals surface area contributed by atoms with E-state index < -0.39 is 0 Å². The first-order valence-electron chi connectivity index (χ1n) is 6.31. The summed E-state index contributed by atoms with van der Waals surface area (Å²) in [5, 5.41) is 1.44. The highest BCUT2D eigenvalue weighted by molar-refractivity contribution is 5.75. The van der Waals surface area contributed by atoms with E-state index in [1.165, 1.54) is 5.06 Å². The molecular formula is C13H17N3O2. The van der Waals surface area contributed by atoms with Crippen molar-refractivity contribution in [2.45, 2.75) is 25.1 Å². The fourth-order valence-electron chi connectivity index (χ4n) is 2.27. The number of urea groups is 1. The van der Waals surface area contributed by atoms with Gasteiger partial charge in [0, 0.05) is 24.7 Å². The predicted molar refractivity (Wildman–Crippen MR) is 66.3 cm³/mol. The van der Waals surface area contributed by atoms with E-state index >= 15 is 0 Å². The average Bonchev–Trinajstić information content (AvgIpc) is 3.20. The second kappa shape index (κ2) is 4.59. The molecule has 2 fully saturated rings. The van der Waals surface area contributed by atoms with Crippen molar-refractivity contribution < 1.29 is 9.63 Å². The third-order valence-corrected chi connectivity index (χ3v) is 3.46. The van der Waals surface area contributed by atoms with Gasteiger partial charge in [0.1, 0.15) is 0 Å². The number of nitrogens with zero attached hydrogens (tertiary/aromatic N) is 2. The summed E-state index contributed by atoms with van der Waals surface area (Å²) in [6, 6.07) is 9.95. The summed E-state index contributed by atoms with van der Waals surface area (Å²) in [4.78, 5) is 19.3. The molecule has 0 radical (unpaired) electrons. The third kappa shape index (κ3) is 2.19. The van der Waals surface area contributed by atoms with Gasteiger partial charge in [-0.25, -0.2) is 9.63 Å². The molecule has 2 saturated heterocycles. The lowest BCUT2D eigenvalue weighted by Crippen LogP contribution is -2.44. The van der Waals surface area contributed by atoms with Crippen LogP contribution in [-0.4, -0.2) is 35.1 Å². The van der Waals surface area contributed by atoms with Crippen molar-refractivity contribution in [2.75, 3.05) is 13.1 Å². The molecule has 1 aromatic carbocycles. The molecule has 0 spiro atoms. The molecule has 18 heavy (non-hydrogen) atoms. The fourth-order valence-corrected chi connectivity index (χ4v) is 2.27. The summed E-state index contributed by atoms with van der Waals surface area (Å²) in [5.74, 6) is 0. The minimum Gasteiger partial charge on any atom is -0.328 e. The van der Waals surface area contributed by atoms with Gasteiger partial charge in [0.05, 0.1) is 0 Å². The number of amides is 2. The number of carbonyl (C=O) groups excluding carboxylic acids is 1. The van der Waals surface area contributed by atoms with Gasteiger partial charge >= 0.3 is 6.03 Å². The van der Waals surface area contributed by atoms with Crippen molar-refractivity contribution in [1.29, 1.82) is 0 Å². The van der Waals surface area contributed by atoms with E-state index in [1.54, 1.807) is 0 Å². The molecule has 1 aromatic rings.